The van der Waals surface area contributed by atoms with E-state index in [1.165, 1.54) is 0 Å². The second kappa shape index (κ2) is 6.88. The maximum Gasteiger partial charge on any atom is 0.224 e. The lowest BCUT2D eigenvalue weighted by atomic mass is 10.1. The highest BCUT2D eigenvalue weighted by molar-refractivity contribution is 5.76. The summed E-state index contributed by atoms with van der Waals surface area (Å²) in [6.07, 6.45) is 3.64. The fourth-order valence-electron chi connectivity index (χ4n) is 2.08. The van der Waals surface area contributed by atoms with Gasteiger partial charge in [0.05, 0.1) is 13.2 Å². The lowest BCUT2D eigenvalue weighted by Gasteiger charge is -2.25. The van der Waals surface area contributed by atoms with Crippen LogP contribution >= 0.6 is 0 Å². The van der Waals surface area contributed by atoms with Crippen molar-refractivity contribution >= 4 is 5.91 Å². The molecule has 21 heavy (non-hydrogen) atoms. The van der Waals surface area contributed by atoms with Gasteiger partial charge in [-0.1, -0.05) is 12.1 Å². The maximum atomic E-state index is 12.2. The van der Waals surface area contributed by atoms with Crippen molar-refractivity contribution < 1.29 is 9.53 Å². The van der Waals surface area contributed by atoms with Crippen LogP contribution in [0.1, 0.15) is 24.9 Å². The van der Waals surface area contributed by atoms with Gasteiger partial charge < -0.3 is 14.2 Å². The minimum absolute atomic E-state index is 0.00601. The second-order valence-corrected chi connectivity index (χ2v) is 4.91. The summed E-state index contributed by atoms with van der Waals surface area (Å²) in [6.45, 7) is 2.59. The van der Waals surface area contributed by atoms with Gasteiger partial charge in [0.25, 0.3) is 0 Å². The summed E-state index contributed by atoms with van der Waals surface area (Å²) in [5.74, 6) is 0.878. The summed E-state index contributed by atoms with van der Waals surface area (Å²) < 4.78 is 7.01. The van der Waals surface area contributed by atoms with Crippen molar-refractivity contribution in [1.82, 2.24) is 19.7 Å². The summed E-state index contributed by atoms with van der Waals surface area (Å²) in [7, 11) is 3.45. The van der Waals surface area contributed by atoms with Gasteiger partial charge in [-0.2, -0.15) is 0 Å². The molecular formula is C15H20N4O2. The minimum atomic E-state index is -0.00601. The van der Waals surface area contributed by atoms with Gasteiger partial charge in [0, 0.05) is 20.0 Å². The molecule has 2 aromatic rings. The number of hydrogen-bond donors (Lipinski definition) is 0. The molecule has 1 aromatic carbocycles. The Morgan fingerprint density at radius 3 is 2.76 bits per heavy atom. The molecule has 0 N–H and O–H groups in total. The summed E-state index contributed by atoms with van der Waals surface area (Å²) in [6, 6.07) is 7.77. The van der Waals surface area contributed by atoms with Crippen molar-refractivity contribution in [1.29, 1.82) is 0 Å². The Kier molecular flexibility index (Phi) is 4.92. The quantitative estimate of drug-likeness (QED) is 0.814. The standard InChI is InChI=1S/C15H20N4O2/c1-12(13-5-4-6-14(9-13)21-3)18(2)15(20)7-8-19-10-16-17-11-19/h4-6,9-12H,7-8H2,1-3H3. The van der Waals surface area contributed by atoms with E-state index in [1.54, 1.807) is 29.2 Å². The largest absolute Gasteiger partial charge is 0.497 e. The number of carbonyl (C=O) groups is 1. The highest BCUT2D eigenvalue weighted by Crippen LogP contribution is 2.23. The van der Waals surface area contributed by atoms with Crippen molar-refractivity contribution in [2.24, 2.45) is 0 Å². The van der Waals surface area contributed by atoms with Gasteiger partial charge in [-0.05, 0) is 24.6 Å². The van der Waals surface area contributed by atoms with Gasteiger partial charge in [-0.3, -0.25) is 4.79 Å². The molecule has 1 atom stereocenters. The van der Waals surface area contributed by atoms with Crippen LogP contribution in [0.4, 0.5) is 0 Å². The van der Waals surface area contributed by atoms with Gasteiger partial charge in [0.1, 0.15) is 18.4 Å². The molecule has 0 radical (unpaired) electrons. The summed E-state index contributed by atoms with van der Waals surface area (Å²) in [5.41, 5.74) is 1.05. The van der Waals surface area contributed by atoms with Gasteiger partial charge in [0.2, 0.25) is 5.91 Å². The van der Waals surface area contributed by atoms with Crippen molar-refractivity contribution in [2.45, 2.75) is 25.9 Å². The number of ether oxygens (including phenoxy) is 1. The SMILES string of the molecule is COc1cccc(C(C)N(C)C(=O)CCn2cnnc2)c1. The molecule has 0 saturated carbocycles. The first-order valence-corrected chi connectivity index (χ1v) is 6.84. The van der Waals surface area contributed by atoms with Crippen LogP contribution in [0.5, 0.6) is 5.75 Å². The monoisotopic (exact) mass is 288 g/mol. The third kappa shape index (κ3) is 3.81. The zero-order chi connectivity index (χ0) is 15.2. The number of benzene rings is 1. The molecule has 1 aromatic heterocycles. The van der Waals surface area contributed by atoms with E-state index in [2.05, 4.69) is 10.2 Å². The fraction of sp³-hybridized carbons (Fsp3) is 0.400. The number of aromatic nitrogens is 3. The molecule has 0 saturated heterocycles. The van der Waals surface area contributed by atoms with Crippen LogP contribution in [0.2, 0.25) is 0 Å². The lowest BCUT2D eigenvalue weighted by molar-refractivity contribution is -0.132. The Morgan fingerprint density at radius 2 is 2.10 bits per heavy atom. The average Bonchev–Trinajstić information content (AvgIpc) is 3.04. The minimum Gasteiger partial charge on any atom is -0.497 e. The van der Waals surface area contributed by atoms with Crippen molar-refractivity contribution in [2.75, 3.05) is 14.2 Å². The topological polar surface area (TPSA) is 60.2 Å². The first-order chi connectivity index (χ1) is 10.1. The Hall–Kier alpha value is -2.37. The smallest absolute Gasteiger partial charge is 0.224 e. The molecule has 6 heteroatoms. The highest BCUT2D eigenvalue weighted by atomic mass is 16.5. The van der Waals surface area contributed by atoms with Crippen molar-refractivity contribution in [3.05, 3.63) is 42.5 Å². The molecule has 6 nitrogen and oxygen atoms in total. The van der Waals surface area contributed by atoms with Gasteiger partial charge in [0.15, 0.2) is 0 Å². The zero-order valence-electron chi connectivity index (χ0n) is 12.6. The van der Waals surface area contributed by atoms with Crippen LogP contribution in [0, 0.1) is 0 Å². The van der Waals surface area contributed by atoms with Crippen LogP contribution in [0.25, 0.3) is 0 Å². The number of methoxy groups -OCH3 is 1. The van der Waals surface area contributed by atoms with Crippen LogP contribution in [0.3, 0.4) is 0 Å². The molecule has 1 amide bonds. The van der Waals surface area contributed by atoms with Gasteiger partial charge >= 0.3 is 0 Å². The Bertz CT molecular complexity index is 583. The first-order valence-electron chi connectivity index (χ1n) is 6.84. The predicted molar refractivity (Wildman–Crippen MR) is 78.8 cm³/mol. The Labute approximate surface area is 124 Å². The number of hydrogen-bond acceptors (Lipinski definition) is 4. The van der Waals surface area contributed by atoms with Crippen LogP contribution < -0.4 is 4.74 Å². The van der Waals surface area contributed by atoms with E-state index >= 15 is 0 Å². The maximum absolute atomic E-state index is 12.2. The van der Waals surface area contributed by atoms with Crippen molar-refractivity contribution in [3.8, 4) is 5.75 Å². The molecule has 1 unspecified atom stereocenters. The fourth-order valence-corrected chi connectivity index (χ4v) is 2.08. The molecular weight excluding hydrogens is 268 g/mol. The van der Waals surface area contributed by atoms with Crippen LogP contribution in [-0.4, -0.2) is 39.7 Å². The van der Waals surface area contributed by atoms with Crippen LogP contribution in [0.15, 0.2) is 36.9 Å². The molecule has 0 bridgehead atoms. The van der Waals surface area contributed by atoms with E-state index < -0.39 is 0 Å². The van der Waals surface area contributed by atoms with E-state index in [0.29, 0.717) is 13.0 Å². The molecule has 0 fully saturated rings. The van der Waals surface area contributed by atoms with Crippen molar-refractivity contribution in [3.63, 3.8) is 0 Å². The number of carbonyl (C=O) groups excluding carboxylic acids is 1. The third-order valence-corrected chi connectivity index (χ3v) is 3.60. The third-order valence-electron chi connectivity index (χ3n) is 3.60. The summed E-state index contributed by atoms with van der Waals surface area (Å²) in [5, 5.41) is 7.44. The molecule has 112 valence electrons. The van der Waals surface area contributed by atoms with Gasteiger partial charge in [-0.15, -0.1) is 10.2 Å². The van der Waals surface area contributed by atoms with E-state index in [4.69, 9.17) is 4.74 Å². The molecule has 1 heterocycles. The number of nitrogens with zero attached hydrogens (tertiary/aromatic N) is 4. The summed E-state index contributed by atoms with van der Waals surface area (Å²) in [4.78, 5) is 14.0. The summed E-state index contributed by atoms with van der Waals surface area (Å²) >= 11 is 0. The van der Waals surface area contributed by atoms with E-state index in [1.807, 2.05) is 38.2 Å². The van der Waals surface area contributed by atoms with Gasteiger partial charge in [-0.25, -0.2) is 0 Å². The highest BCUT2D eigenvalue weighted by Gasteiger charge is 2.17. The van der Waals surface area contributed by atoms with E-state index in [9.17, 15) is 4.79 Å². The Balaban J connectivity index is 1.97. The molecule has 0 aliphatic rings. The Morgan fingerprint density at radius 1 is 1.38 bits per heavy atom. The number of aryl methyl sites for hydroxylation is 1. The normalized spacial score (nSPS) is 12.0. The molecule has 0 spiro atoms. The second-order valence-electron chi connectivity index (χ2n) is 4.91. The first kappa shape index (κ1) is 15.0. The average molecular weight is 288 g/mol. The molecule has 0 aliphatic carbocycles. The lowest BCUT2D eigenvalue weighted by Crippen LogP contribution is -2.30. The predicted octanol–water partition coefficient (Wildman–Crippen LogP) is 1.90. The number of rotatable bonds is 6. The number of amides is 1. The van der Waals surface area contributed by atoms with E-state index in [-0.39, 0.29) is 11.9 Å². The molecule has 0 aliphatic heterocycles. The van der Waals surface area contributed by atoms with Crippen LogP contribution in [-0.2, 0) is 11.3 Å². The zero-order valence-corrected chi connectivity index (χ0v) is 12.6. The van der Waals surface area contributed by atoms with E-state index in [0.717, 1.165) is 11.3 Å². The molecule has 2 rings (SSSR count).